The summed E-state index contributed by atoms with van der Waals surface area (Å²) < 4.78 is 5.88. The Labute approximate surface area is 120 Å². The van der Waals surface area contributed by atoms with E-state index in [0.29, 0.717) is 12.2 Å². The van der Waals surface area contributed by atoms with Gasteiger partial charge in [-0.15, -0.1) is 0 Å². The van der Waals surface area contributed by atoms with E-state index in [4.69, 9.17) is 10.5 Å². The minimum absolute atomic E-state index is 0.593. The Morgan fingerprint density at radius 1 is 1.32 bits per heavy atom. The van der Waals surface area contributed by atoms with Gasteiger partial charge in [0.15, 0.2) is 0 Å². The van der Waals surface area contributed by atoms with Crippen LogP contribution in [0.1, 0.15) is 11.1 Å². The minimum Gasteiger partial charge on any atom is -0.497 e. The number of aliphatic imine (C=N–C) groups is 1. The van der Waals surface area contributed by atoms with Crippen molar-refractivity contribution in [2.75, 3.05) is 12.8 Å². The molecule has 1 aromatic carbocycles. The molecule has 2 aromatic rings. The molecule has 5 heteroatoms. The van der Waals surface area contributed by atoms with Crippen LogP contribution in [0.5, 0.6) is 5.75 Å². The van der Waals surface area contributed by atoms with Crippen molar-refractivity contribution in [1.82, 2.24) is 4.98 Å². The van der Waals surface area contributed by atoms with Crippen LogP contribution < -0.4 is 10.5 Å². The van der Waals surface area contributed by atoms with E-state index in [9.17, 15) is 0 Å². The Kier molecular flexibility index (Phi) is 4.52. The minimum atomic E-state index is 0.593. The topological polar surface area (TPSA) is 60.5 Å². The number of nitrogen functional groups attached to an aromatic ring is 1. The molecule has 0 aliphatic heterocycles. The molecule has 0 aliphatic carbocycles. The summed E-state index contributed by atoms with van der Waals surface area (Å²) >= 11 is 3.34. The lowest BCUT2D eigenvalue weighted by Gasteiger charge is -2.02. The average Bonchev–Trinajstić information content (AvgIpc) is 2.44. The highest BCUT2D eigenvalue weighted by Crippen LogP contribution is 2.20. The van der Waals surface area contributed by atoms with E-state index in [1.165, 1.54) is 0 Å². The van der Waals surface area contributed by atoms with E-state index in [-0.39, 0.29) is 0 Å². The first-order valence-electron chi connectivity index (χ1n) is 5.72. The molecule has 0 atom stereocenters. The number of nitrogens with two attached hydrogens (primary N) is 1. The van der Waals surface area contributed by atoms with Gasteiger partial charge in [0.1, 0.15) is 5.75 Å². The summed E-state index contributed by atoms with van der Waals surface area (Å²) in [6.07, 6.45) is 5.09. The molecule has 0 radical (unpaired) electrons. The first-order chi connectivity index (χ1) is 9.20. The first-order valence-corrected chi connectivity index (χ1v) is 6.51. The number of ether oxygens (including phenoxy) is 1. The van der Waals surface area contributed by atoms with Crippen molar-refractivity contribution >= 4 is 27.8 Å². The molecule has 2 rings (SSSR count). The van der Waals surface area contributed by atoms with Crippen molar-refractivity contribution in [3.05, 3.63) is 52.3 Å². The number of benzene rings is 1. The standard InChI is InChI=1S/C14H14BrN3O/c1-19-12-4-2-10(3-5-12)6-17-7-11-8-18-9-13(15)14(11)16/h2-5,7-9H,6H2,1H3,(H2,16,18). The average molecular weight is 320 g/mol. The molecule has 0 bridgehead atoms. The highest BCUT2D eigenvalue weighted by atomic mass is 79.9. The Morgan fingerprint density at radius 3 is 2.74 bits per heavy atom. The zero-order valence-corrected chi connectivity index (χ0v) is 12.1. The molecule has 0 fully saturated rings. The summed E-state index contributed by atoms with van der Waals surface area (Å²) in [5.74, 6) is 0.841. The van der Waals surface area contributed by atoms with Crippen molar-refractivity contribution in [2.24, 2.45) is 4.99 Å². The number of nitrogens with zero attached hydrogens (tertiary/aromatic N) is 2. The number of methoxy groups -OCH3 is 1. The molecule has 0 saturated heterocycles. The second-order valence-electron chi connectivity index (χ2n) is 3.94. The van der Waals surface area contributed by atoms with Crippen LogP contribution in [-0.2, 0) is 6.54 Å². The van der Waals surface area contributed by atoms with Gasteiger partial charge in [-0.1, -0.05) is 12.1 Å². The molecule has 0 aliphatic rings. The number of anilines is 1. The van der Waals surface area contributed by atoms with E-state index in [1.54, 1.807) is 25.7 Å². The third kappa shape index (κ3) is 3.54. The van der Waals surface area contributed by atoms with Gasteiger partial charge in [0.2, 0.25) is 0 Å². The normalized spacial score (nSPS) is 10.8. The summed E-state index contributed by atoms with van der Waals surface area (Å²) in [5, 5.41) is 0. The van der Waals surface area contributed by atoms with E-state index >= 15 is 0 Å². The van der Waals surface area contributed by atoms with Gasteiger partial charge in [-0.2, -0.15) is 0 Å². The molecular weight excluding hydrogens is 306 g/mol. The second kappa shape index (κ2) is 6.33. The number of hydrogen-bond acceptors (Lipinski definition) is 4. The molecular formula is C14H14BrN3O. The fourth-order valence-electron chi connectivity index (χ4n) is 1.54. The van der Waals surface area contributed by atoms with Gasteiger partial charge in [0.05, 0.1) is 23.8 Å². The smallest absolute Gasteiger partial charge is 0.118 e. The van der Waals surface area contributed by atoms with Gasteiger partial charge in [-0.3, -0.25) is 9.98 Å². The number of rotatable bonds is 4. The van der Waals surface area contributed by atoms with Gasteiger partial charge < -0.3 is 10.5 Å². The monoisotopic (exact) mass is 319 g/mol. The molecule has 2 N–H and O–H groups in total. The van der Waals surface area contributed by atoms with Gasteiger partial charge >= 0.3 is 0 Å². The lowest BCUT2D eigenvalue weighted by Crippen LogP contribution is -1.96. The maximum absolute atomic E-state index is 5.91. The first kappa shape index (κ1) is 13.5. The fraction of sp³-hybridized carbons (Fsp3) is 0.143. The fourth-order valence-corrected chi connectivity index (χ4v) is 1.89. The molecule has 0 saturated carbocycles. The van der Waals surface area contributed by atoms with Gasteiger partial charge in [-0.05, 0) is 33.6 Å². The van der Waals surface area contributed by atoms with Crippen molar-refractivity contribution < 1.29 is 4.74 Å². The van der Waals surface area contributed by atoms with E-state index < -0.39 is 0 Å². The van der Waals surface area contributed by atoms with Gasteiger partial charge in [0.25, 0.3) is 0 Å². The van der Waals surface area contributed by atoms with Crippen LogP contribution >= 0.6 is 15.9 Å². The van der Waals surface area contributed by atoms with E-state index in [2.05, 4.69) is 25.9 Å². The van der Waals surface area contributed by atoms with Crippen LogP contribution in [0.4, 0.5) is 5.69 Å². The summed E-state index contributed by atoms with van der Waals surface area (Å²) in [4.78, 5) is 8.42. The molecule has 0 amide bonds. The molecule has 4 nitrogen and oxygen atoms in total. The number of pyridine rings is 1. The summed E-state index contributed by atoms with van der Waals surface area (Å²) in [7, 11) is 1.65. The molecule has 1 heterocycles. The molecule has 98 valence electrons. The third-order valence-corrected chi connectivity index (χ3v) is 3.27. The maximum atomic E-state index is 5.91. The second-order valence-corrected chi connectivity index (χ2v) is 4.80. The van der Waals surface area contributed by atoms with E-state index in [1.807, 2.05) is 24.3 Å². The molecule has 1 aromatic heterocycles. The zero-order chi connectivity index (χ0) is 13.7. The predicted octanol–water partition coefficient (Wildman–Crippen LogP) is 3.05. The van der Waals surface area contributed by atoms with Crippen LogP contribution in [0.2, 0.25) is 0 Å². The van der Waals surface area contributed by atoms with Gasteiger partial charge in [0, 0.05) is 24.2 Å². The summed E-state index contributed by atoms with van der Waals surface area (Å²) in [5.41, 5.74) is 8.47. The van der Waals surface area contributed by atoms with Crippen LogP contribution in [-0.4, -0.2) is 18.3 Å². The lowest BCUT2D eigenvalue weighted by atomic mass is 10.2. The molecule has 0 spiro atoms. The highest BCUT2D eigenvalue weighted by molar-refractivity contribution is 9.10. The lowest BCUT2D eigenvalue weighted by molar-refractivity contribution is 0.414. The van der Waals surface area contributed by atoms with Crippen LogP contribution in [0, 0.1) is 0 Å². The van der Waals surface area contributed by atoms with Crippen LogP contribution in [0.15, 0.2) is 46.1 Å². The number of halogens is 1. The Morgan fingerprint density at radius 2 is 2.05 bits per heavy atom. The van der Waals surface area contributed by atoms with Crippen molar-refractivity contribution in [2.45, 2.75) is 6.54 Å². The van der Waals surface area contributed by atoms with Gasteiger partial charge in [-0.25, -0.2) is 0 Å². The number of hydrogen-bond donors (Lipinski definition) is 1. The Balaban J connectivity index is 2.04. The Bertz CT molecular complexity index is 582. The zero-order valence-electron chi connectivity index (χ0n) is 10.5. The van der Waals surface area contributed by atoms with Crippen molar-refractivity contribution in [3.63, 3.8) is 0 Å². The van der Waals surface area contributed by atoms with Crippen LogP contribution in [0.3, 0.4) is 0 Å². The molecule has 19 heavy (non-hydrogen) atoms. The van der Waals surface area contributed by atoms with Crippen molar-refractivity contribution in [1.29, 1.82) is 0 Å². The van der Waals surface area contributed by atoms with Crippen LogP contribution in [0.25, 0.3) is 0 Å². The largest absolute Gasteiger partial charge is 0.497 e. The highest BCUT2D eigenvalue weighted by Gasteiger charge is 2.00. The quantitative estimate of drug-likeness (QED) is 0.881. The predicted molar refractivity (Wildman–Crippen MR) is 80.6 cm³/mol. The summed E-state index contributed by atoms with van der Waals surface area (Å²) in [6.45, 7) is 0.593. The summed E-state index contributed by atoms with van der Waals surface area (Å²) in [6, 6.07) is 7.80. The van der Waals surface area contributed by atoms with E-state index in [0.717, 1.165) is 21.3 Å². The number of aromatic nitrogens is 1. The Hall–Kier alpha value is -1.88. The third-order valence-electron chi connectivity index (χ3n) is 2.63. The SMILES string of the molecule is COc1ccc(CN=Cc2cncc(Br)c2N)cc1. The maximum Gasteiger partial charge on any atom is 0.118 e. The molecule has 0 unspecified atom stereocenters. The van der Waals surface area contributed by atoms with Crippen molar-refractivity contribution in [3.8, 4) is 5.75 Å².